The van der Waals surface area contributed by atoms with Gasteiger partial charge in [0.05, 0.1) is 5.69 Å². The zero-order valence-electron chi connectivity index (χ0n) is 38.5. The molecular weight excluding hydrogens is 775 g/mol. The molecule has 2 nitrogen and oxygen atoms in total. The molecule has 10 aromatic rings. The molecule has 1 heterocycles. The van der Waals surface area contributed by atoms with Crippen LogP contribution in [0, 0.1) is 6.92 Å². The lowest BCUT2D eigenvalue weighted by atomic mass is 9.77. The van der Waals surface area contributed by atoms with Crippen molar-refractivity contribution < 1.29 is 4.42 Å². The summed E-state index contributed by atoms with van der Waals surface area (Å²) in [7, 11) is 0. The lowest BCUT2D eigenvalue weighted by molar-refractivity contribution is 0.590. The molecule has 0 amide bonds. The van der Waals surface area contributed by atoms with Crippen molar-refractivity contribution in [3.05, 3.63) is 186 Å². The highest BCUT2D eigenvalue weighted by atomic mass is 16.3. The fourth-order valence-electron chi connectivity index (χ4n) is 9.92. The van der Waals surface area contributed by atoms with Crippen LogP contribution in [-0.2, 0) is 10.8 Å². The second-order valence-electron chi connectivity index (χ2n) is 20.5. The first-order valence-electron chi connectivity index (χ1n) is 22.9. The Kier molecular flexibility index (Phi) is 9.09. The van der Waals surface area contributed by atoms with Crippen molar-refractivity contribution in [2.24, 2.45) is 0 Å². The monoisotopic (exact) mass is 829 g/mol. The van der Waals surface area contributed by atoms with Crippen LogP contribution in [0.25, 0.3) is 88.0 Å². The van der Waals surface area contributed by atoms with Crippen molar-refractivity contribution in [1.29, 1.82) is 0 Å². The Labute approximate surface area is 377 Å². The molecule has 0 radical (unpaired) electrons. The van der Waals surface area contributed by atoms with E-state index in [-0.39, 0.29) is 10.8 Å². The summed E-state index contributed by atoms with van der Waals surface area (Å²) in [6.45, 7) is 20.4. The van der Waals surface area contributed by atoms with Gasteiger partial charge < -0.3 is 9.32 Å². The molecule has 0 atom stereocenters. The van der Waals surface area contributed by atoms with Crippen molar-refractivity contribution in [3.63, 3.8) is 0 Å². The number of aryl methyl sites for hydroxylation is 1. The van der Waals surface area contributed by atoms with Crippen molar-refractivity contribution in [2.75, 3.05) is 4.90 Å². The van der Waals surface area contributed by atoms with Gasteiger partial charge in [-0.25, -0.2) is 0 Å². The minimum absolute atomic E-state index is 0.0901. The number of anilines is 3. The lowest BCUT2D eigenvalue weighted by Crippen LogP contribution is -2.12. The van der Waals surface area contributed by atoms with E-state index in [1.165, 1.54) is 88.3 Å². The maximum atomic E-state index is 6.69. The highest BCUT2D eigenvalue weighted by molar-refractivity contribution is 6.14. The van der Waals surface area contributed by atoms with Gasteiger partial charge in [0.1, 0.15) is 5.58 Å². The molecule has 2 heteroatoms. The van der Waals surface area contributed by atoms with Crippen LogP contribution in [-0.4, -0.2) is 0 Å². The summed E-state index contributed by atoms with van der Waals surface area (Å²) in [5.41, 5.74) is 20.8. The van der Waals surface area contributed by atoms with E-state index in [0.717, 1.165) is 39.0 Å². The topological polar surface area (TPSA) is 16.4 Å². The molecule has 64 heavy (non-hydrogen) atoms. The predicted molar refractivity (Wildman–Crippen MR) is 275 cm³/mol. The van der Waals surface area contributed by atoms with Gasteiger partial charge in [-0.05, 0) is 179 Å². The Morgan fingerprint density at radius 2 is 0.953 bits per heavy atom. The number of furan rings is 1. The molecule has 0 fully saturated rings. The molecule has 1 aromatic heterocycles. The molecule has 314 valence electrons. The van der Waals surface area contributed by atoms with Crippen molar-refractivity contribution in [2.45, 2.75) is 79.1 Å². The lowest BCUT2D eigenvalue weighted by Gasteiger charge is -2.29. The Bertz CT molecular complexity index is 3480. The van der Waals surface area contributed by atoms with Crippen molar-refractivity contribution in [1.82, 2.24) is 0 Å². The molecule has 1 aliphatic rings. The summed E-state index contributed by atoms with van der Waals surface area (Å²) in [6.07, 6.45) is 0. The number of rotatable bonds is 6. The average Bonchev–Trinajstić information content (AvgIpc) is 3.67. The maximum absolute atomic E-state index is 6.69. The number of para-hydroxylation sites is 2. The maximum Gasteiger partial charge on any atom is 0.159 e. The van der Waals surface area contributed by atoms with E-state index < -0.39 is 0 Å². The predicted octanol–water partition coefficient (Wildman–Crippen LogP) is 18.4. The molecule has 0 N–H and O–H groups in total. The molecule has 0 unspecified atom stereocenters. The van der Waals surface area contributed by atoms with Gasteiger partial charge in [0.25, 0.3) is 0 Å². The zero-order chi connectivity index (χ0) is 44.2. The quantitative estimate of drug-likeness (QED) is 0.166. The number of hydrogen-bond acceptors (Lipinski definition) is 2. The molecule has 9 aromatic carbocycles. The minimum Gasteiger partial charge on any atom is -0.454 e. The highest BCUT2D eigenvalue weighted by Crippen LogP contribution is 2.52. The molecule has 0 aliphatic heterocycles. The van der Waals surface area contributed by atoms with E-state index in [1.54, 1.807) is 0 Å². The van der Waals surface area contributed by atoms with Crippen molar-refractivity contribution >= 4 is 60.5 Å². The van der Waals surface area contributed by atoms with E-state index in [2.05, 4.69) is 225 Å². The first-order chi connectivity index (χ1) is 30.7. The van der Waals surface area contributed by atoms with Gasteiger partial charge in [-0.15, -0.1) is 0 Å². The molecule has 1 aliphatic carbocycles. The Morgan fingerprint density at radius 3 is 1.52 bits per heavy atom. The third-order valence-corrected chi connectivity index (χ3v) is 13.8. The summed E-state index contributed by atoms with van der Waals surface area (Å²) < 4.78 is 6.69. The molecule has 11 rings (SSSR count). The second kappa shape index (κ2) is 14.6. The SMILES string of the molecule is Cc1ccc(C(C)C)cc1N(c1ccc2cc3c(cc2c1)-c1cc2cc(-c4ccc(C(C)(C)C)cc4)c(-c4ccc(C(C)(C)C)cc4)cc2cc1-3)c1cccc2c1oc1ccccc12. The summed E-state index contributed by atoms with van der Waals surface area (Å²) >= 11 is 0. The van der Waals surface area contributed by atoms with Gasteiger partial charge in [0, 0.05) is 22.1 Å². The minimum atomic E-state index is 0.0901. The van der Waals surface area contributed by atoms with E-state index in [4.69, 9.17) is 4.42 Å². The highest BCUT2D eigenvalue weighted by Gasteiger charge is 2.27. The Morgan fingerprint density at radius 1 is 0.438 bits per heavy atom. The molecular formula is C62H55NO. The van der Waals surface area contributed by atoms with Crippen LogP contribution in [0.15, 0.2) is 168 Å². The molecule has 0 bridgehead atoms. The van der Waals surface area contributed by atoms with Crippen molar-refractivity contribution in [3.8, 4) is 44.5 Å². The average molecular weight is 830 g/mol. The Balaban J connectivity index is 1.05. The van der Waals surface area contributed by atoms with E-state index in [9.17, 15) is 0 Å². The summed E-state index contributed by atoms with van der Waals surface area (Å²) in [6, 6.07) is 61.7. The summed E-state index contributed by atoms with van der Waals surface area (Å²) in [4.78, 5) is 2.41. The molecule has 0 saturated carbocycles. The van der Waals surface area contributed by atoms with Gasteiger partial charge in [-0.3, -0.25) is 0 Å². The zero-order valence-corrected chi connectivity index (χ0v) is 38.5. The number of fused-ring (bicyclic) bond motifs is 9. The van der Waals surface area contributed by atoms with Crippen LogP contribution in [0.5, 0.6) is 0 Å². The van der Waals surface area contributed by atoms with E-state index in [1.807, 2.05) is 6.07 Å². The second-order valence-corrected chi connectivity index (χ2v) is 20.5. The van der Waals surface area contributed by atoms with Gasteiger partial charge in [0.2, 0.25) is 0 Å². The van der Waals surface area contributed by atoms with E-state index in [0.29, 0.717) is 5.92 Å². The largest absolute Gasteiger partial charge is 0.454 e. The first-order valence-corrected chi connectivity index (χ1v) is 22.9. The number of benzene rings is 9. The van der Waals surface area contributed by atoms with Crippen LogP contribution in [0.2, 0.25) is 0 Å². The fourth-order valence-corrected chi connectivity index (χ4v) is 9.92. The van der Waals surface area contributed by atoms with Crippen LogP contribution in [0.3, 0.4) is 0 Å². The van der Waals surface area contributed by atoms with Gasteiger partial charge in [0.15, 0.2) is 5.58 Å². The van der Waals surface area contributed by atoms with Crippen LogP contribution < -0.4 is 4.90 Å². The number of nitrogens with zero attached hydrogens (tertiary/aromatic N) is 1. The normalized spacial score (nSPS) is 12.6. The molecule has 0 spiro atoms. The fraction of sp³-hybridized carbons (Fsp3) is 0.194. The van der Waals surface area contributed by atoms with Gasteiger partial charge in [-0.1, -0.05) is 152 Å². The van der Waals surface area contributed by atoms with Gasteiger partial charge in [-0.2, -0.15) is 0 Å². The van der Waals surface area contributed by atoms with Crippen LogP contribution in [0.1, 0.15) is 83.6 Å². The Hall–Kier alpha value is -6.90. The van der Waals surface area contributed by atoms with Crippen LogP contribution in [0.4, 0.5) is 17.1 Å². The number of hydrogen-bond donors (Lipinski definition) is 0. The van der Waals surface area contributed by atoms with Crippen LogP contribution >= 0.6 is 0 Å². The summed E-state index contributed by atoms with van der Waals surface area (Å²) in [5, 5.41) is 7.23. The standard InChI is InChI=1S/C62H55NO/c1-37(2)41-18-17-38(3)58(36-41)63(57-15-12-14-50-49-13-10-11-16-59(49)64-60(50)57)48-28-23-42-30-53-54(33-43(42)29-48)56-35-45-32-52(40-21-26-47(27-22-40)62(7,8)9)51(31-44(45)34-55(53)56)39-19-24-46(25-20-39)61(4,5)6/h10-37H,1-9H3. The third-order valence-electron chi connectivity index (χ3n) is 13.8. The summed E-state index contributed by atoms with van der Waals surface area (Å²) in [5.74, 6) is 0.395. The first kappa shape index (κ1) is 39.9. The smallest absolute Gasteiger partial charge is 0.159 e. The van der Waals surface area contributed by atoms with Gasteiger partial charge >= 0.3 is 0 Å². The molecule has 0 saturated heterocycles. The third kappa shape index (κ3) is 6.62. The van der Waals surface area contributed by atoms with E-state index >= 15 is 0 Å².